The van der Waals surface area contributed by atoms with Crippen molar-refractivity contribution in [3.05, 3.63) is 28.8 Å². The van der Waals surface area contributed by atoms with Crippen molar-refractivity contribution in [1.82, 2.24) is 4.90 Å². The van der Waals surface area contributed by atoms with Crippen LogP contribution in [0.1, 0.15) is 44.6 Å². The van der Waals surface area contributed by atoms with Crippen LogP contribution in [0.4, 0.5) is 0 Å². The summed E-state index contributed by atoms with van der Waals surface area (Å²) in [6.45, 7) is 3.94. The Balaban J connectivity index is 2.09. The first-order valence-electron chi connectivity index (χ1n) is 7.57. The summed E-state index contributed by atoms with van der Waals surface area (Å²) in [5.74, 6) is 0.297. The Morgan fingerprint density at radius 3 is 2.60 bits per heavy atom. The molecule has 0 spiro atoms. The van der Waals surface area contributed by atoms with Crippen LogP contribution in [0.15, 0.2) is 18.2 Å². The molecule has 1 saturated carbocycles. The summed E-state index contributed by atoms with van der Waals surface area (Å²) in [4.78, 5) is 2.45. The highest BCUT2D eigenvalue weighted by molar-refractivity contribution is 6.31. The second-order valence-corrected chi connectivity index (χ2v) is 6.18. The number of aromatic hydroxyl groups is 1. The lowest BCUT2D eigenvalue weighted by molar-refractivity contribution is 0.141. The van der Waals surface area contributed by atoms with E-state index in [4.69, 9.17) is 17.3 Å². The predicted molar refractivity (Wildman–Crippen MR) is 84.0 cm³/mol. The SMILES string of the molecule is CCCN(Cc1c(O)cccc1Cl)C1CCC(N)CC1. The standard InChI is InChI=1S/C16H25ClN2O/c1-2-10-19(13-8-6-12(18)7-9-13)11-14-15(17)4-3-5-16(14)20/h3-5,12-13,20H,2,6-11,18H2,1H3. The van der Waals surface area contributed by atoms with E-state index in [1.807, 2.05) is 6.07 Å². The molecule has 1 aliphatic rings. The molecule has 1 aliphatic carbocycles. The maximum atomic E-state index is 10.0. The highest BCUT2D eigenvalue weighted by Crippen LogP contribution is 2.30. The molecule has 0 aliphatic heterocycles. The molecule has 0 amide bonds. The van der Waals surface area contributed by atoms with Gasteiger partial charge in [-0.25, -0.2) is 0 Å². The maximum absolute atomic E-state index is 10.0. The Kier molecular flexibility index (Phi) is 5.70. The van der Waals surface area contributed by atoms with Crippen LogP contribution in [-0.2, 0) is 6.54 Å². The Bertz CT molecular complexity index is 410. The Morgan fingerprint density at radius 1 is 1.30 bits per heavy atom. The summed E-state index contributed by atoms with van der Waals surface area (Å²) < 4.78 is 0. The van der Waals surface area contributed by atoms with Gasteiger partial charge < -0.3 is 10.8 Å². The Labute approximate surface area is 126 Å². The third kappa shape index (κ3) is 3.87. The smallest absolute Gasteiger partial charge is 0.121 e. The molecule has 20 heavy (non-hydrogen) atoms. The number of phenolic OH excluding ortho intramolecular Hbond substituents is 1. The second-order valence-electron chi connectivity index (χ2n) is 5.78. The second kappa shape index (κ2) is 7.30. The van der Waals surface area contributed by atoms with Gasteiger partial charge in [0.05, 0.1) is 0 Å². The quantitative estimate of drug-likeness (QED) is 0.874. The third-order valence-electron chi connectivity index (χ3n) is 4.22. The van der Waals surface area contributed by atoms with Gasteiger partial charge in [0.2, 0.25) is 0 Å². The number of halogens is 1. The van der Waals surface area contributed by atoms with Crippen LogP contribution >= 0.6 is 11.6 Å². The number of rotatable bonds is 5. The van der Waals surface area contributed by atoms with E-state index in [-0.39, 0.29) is 0 Å². The van der Waals surface area contributed by atoms with Crippen molar-refractivity contribution >= 4 is 11.6 Å². The topological polar surface area (TPSA) is 49.5 Å². The van der Waals surface area contributed by atoms with Gasteiger partial charge in [-0.05, 0) is 50.8 Å². The van der Waals surface area contributed by atoms with E-state index in [2.05, 4.69) is 11.8 Å². The van der Waals surface area contributed by atoms with Crippen molar-refractivity contribution in [2.24, 2.45) is 5.73 Å². The zero-order chi connectivity index (χ0) is 14.5. The number of phenols is 1. The molecular weight excluding hydrogens is 272 g/mol. The van der Waals surface area contributed by atoms with Gasteiger partial charge in [-0.2, -0.15) is 0 Å². The molecule has 1 aromatic rings. The van der Waals surface area contributed by atoms with Crippen molar-refractivity contribution in [2.75, 3.05) is 6.54 Å². The first-order valence-corrected chi connectivity index (χ1v) is 7.95. The third-order valence-corrected chi connectivity index (χ3v) is 4.58. The monoisotopic (exact) mass is 296 g/mol. The zero-order valence-electron chi connectivity index (χ0n) is 12.2. The number of nitrogens with zero attached hydrogens (tertiary/aromatic N) is 1. The number of hydrogen-bond acceptors (Lipinski definition) is 3. The zero-order valence-corrected chi connectivity index (χ0v) is 12.9. The van der Waals surface area contributed by atoms with E-state index in [1.54, 1.807) is 12.1 Å². The molecular formula is C16H25ClN2O. The van der Waals surface area contributed by atoms with Crippen molar-refractivity contribution in [2.45, 2.75) is 57.7 Å². The average Bonchev–Trinajstić information content (AvgIpc) is 2.43. The van der Waals surface area contributed by atoms with Crippen molar-refractivity contribution in [3.8, 4) is 5.75 Å². The molecule has 1 fully saturated rings. The fourth-order valence-electron chi connectivity index (χ4n) is 3.05. The highest BCUT2D eigenvalue weighted by Gasteiger charge is 2.25. The van der Waals surface area contributed by atoms with Crippen LogP contribution in [-0.4, -0.2) is 28.6 Å². The normalized spacial score (nSPS) is 23.2. The molecule has 0 unspecified atom stereocenters. The van der Waals surface area contributed by atoms with E-state index in [1.165, 1.54) is 0 Å². The van der Waals surface area contributed by atoms with Gasteiger partial charge in [-0.3, -0.25) is 4.90 Å². The van der Waals surface area contributed by atoms with Crippen LogP contribution in [0.5, 0.6) is 5.75 Å². The molecule has 0 saturated heterocycles. The molecule has 0 aromatic heterocycles. The van der Waals surface area contributed by atoms with Gasteiger partial charge >= 0.3 is 0 Å². The number of nitrogens with two attached hydrogens (primary N) is 1. The lowest BCUT2D eigenvalue weighted by Gasteiger charge is -2.36. The van der Waals surface area contributed by atoms with Crippen LogP contribution < -0.4 is 5.73 Å². The minimum Gasteiger partial charge on any atom is -0.508 e. The fourth-order valence-corrected chi connectivity index (χ4v) is 3.28. The number of hydrogen-bond donors (Lipinski definition) is 2. The molecule has 3 nitrogen and oxygen atoms in total. The van der Waals surface area contributed by atoms with Crippen molar-refractivity contribution in [3.63, 3.8) is 0 Å². The predicted octanol–water partition coefficient (Wildman–Crippen LogP) is 3.53. The summed E-state index contributed by atoms with van der Waals surface area (Å²) in [7, 11) is 0. The molecule has 0 atom stereocenters. The van der Waals surface area contributed by atoms with E-state index in [0.29, 0.717) is 22.9 Å². The van der Waals surface area contributed by atoms with Gasteiger partial charge in [-0.15, -0.1) is 0 Å². The average molecular weight is 297 g/mol. The largest absolute Gasteiger partial charge is 0.508 e. The molecule has 0 heterocycles. The van der Waals surface area contributed by atoms with Crippen molar-refractivity contribution in [1.29, 1.82) is 0 Å². The number of benzene rings is 1. The lowest BCUT2D eigenvalue weighted by Crippen LogP contribution is -2.40. The molecule has 0 radical (unpaired) electrons. The summed E-state index contributed by atoms with van der Waals surface area (Å²) in [6, 6.07) is 6.26. The van der Waals surface area contributed by atoms with E-state index in [9.17, 15) is 5.11 Å². The van der Waals surface area contributed by atoms with Crippen LogP contribution in [0.2, 0.25) is 5.02 Å². The fraction of sp³-hybridized carbons (Fsp3) is 0.625. The highest BCUT2D eigenvalue weighted by atomic mass is 35.5. The Hall–Kier alpha value is -0.770. The molecule has 112 valence electrons. The van der Waals surface area contributed by atoms with E-state index in [0.717, 1.165) is 50.8 Å². The first-order chi connectivity index (χ1) is 9.61. The van der Waals surface area contributed by atoms with Crippen LogP contribution in [0.25, 0.3) is 0 Å². The maximum Gasteiger partial charge on any atom is 0.121 e. The minimum absolute atomic E-state index is 0.297. The summed E-state index contributed by atoms with van der Waals surface area (Å²) in [6.07, 6.45) is 5.59. The molecule has 0 bridgehead atoms. The van der Waals surface area contributed by atoms with Gasteiger partial charge in [0.25, 0.3) is 0 Å². The van der Waals surface area contributed by atoms with E-state index < -0.39 is 0 Å². The summed E-state index contributed by atoms with van der Waals surface area (Å²) >= 11 is 6.23. The van der Waals surface area contributed by atoms with E-state index >= 15 is 0 Å². The van der Waals surface area contributed by atoms with Gasteiger partial charge in [0, 0.05) is 29.2 Å². The molecule has 3 N–H and O–H groups in total. The molecule has 4 heteroatoms. The lowest BCUT2D eigenvalue weighted by atomic mass is 9.90. The van der Waals surface area contributed by atoms with Crippen LogP contribution in [0.3, 0.4) is 0 Å². The van der Waals surface area contributed by atoms with Crippen molar-refractivity contribution < 1.29 is 5.11 Å². The van der Waals surface area contributed by atoms with Crippen LogP contribution in [0, 0.1) is 0 Å². The summed E-state index contributed by atoms with van der Waals surface area (Å²) in [5, 5.41) is 10.7. The molecule has 2 rings (SSSR count). The summed E-state index contributed by atoms with van der Waals surface area (Å²) in [5.41, 5.74) is 6.84. The minimum atomic E-state index is 0.297. The Morgan fingerprint density at radius 2 is 2.00 bits per heavy atom. The molecule has 1 aromatic carbocycles. The van der Waals surface area contributed by atoms with Gasteiger partial charge in [0.15, 0.2) is 0 Å². The van der Waals surface area contributed by atoms with Gasteiger partial charge in [0.1, 0.15) is 5.75 Å². The van der Waals surface area contributed by atoms with Gasteiger partial charge in [-0.1, -0.05) is 24.6 Å². The first kappa shape index (κ1) is 15.6.